The fourth-order valence-corrected chi connectivity index (χ4v) is 3.49. The molecule has 0 amide bonds. The SMILES string of the molecule is C=S1c2ccc(CCCC)cc2CCN1C. The molecule has 16 heavy (non-hydrogen) atoms. The van der Waals surface area contributed by atoms with Gasteiger partial charge >= 0.3 is 0 Å². The minimum absolute atomic E-state index is 0.0594. The van der Waals surface area contributed by atoms with E-state index < -0.39 is 0 Å². The molecule has 1 unspecified atom stereocenters. The molecular formula is C14H21NS. The van der Waals surface area contributed by atoms with Crippen molar-refractivity contribution >= 4 is 16.5 Å². The normalized spacial score (nSPS) is 20.8. The molecule has 0 bridgehead atoms. The van der Waals surface area contributed by atoms with Crippen LogP contribution in [0, 0.1) is 0 Å². The van der Waals surface area contributed by atoms with E-state index in [-0.39, 0.29) is 10.7 Å². The van der Waals surface area contributed by atoms with Crippen LogP contribution in [0.4, 0.5) is 0 Å². The molecule has 2 rings (SSSR count). The summed E-state index contributed by atoms with van der Waals surface area (Å²) in [6, 6.07) is 6.99. The zero-order valence-corrected chi connectivity index (χ0v) is 11.1. The molecule has 0 aromatic heterocycles. The van der Waals surface area contributed by atoms with Crippen LogP contribution in [0.1, 0.15) is 30.9 Å². The van der Waals surface area contributed by atoms with Crippen LogP contribution < -0.4 is 0 Å². The molecule has 1 aliphatic rings. The van der Waals surface area contributed by atoms with Crippen LogP contribution in [0.3, 0.4) is 0 Å². The number of rotatable bonds is 3. The number of nitrogens with zero attached hydrogens (tertiary/aromatic N) is 1. The zero-order chi connectivity index (χ0) is 11.5. The second kappa shape index (κ2) is 5.15. The summed E-state index contributed by atoms with van der Waals surface area (Å²) in [5.74, 6) is 4.27. The Hall–Kier alpha value is -0.600. The zero-order valence-electron chi connectivity index (χ0n) is 10.3. The summed E-state index contributed by atoms with van der Waals surface area (Å²) in [4.78, 5) is 1.45. The summed E-state index contributed by atoms with van der Waals surface area (Å²) < 4.78 is 2.36. The number of unbranched alkanes of at least 4 members (excludes halogenated alkanes) is 1. The van der Waals surface area contributed by atoms with Crippen LogP contribution in [0.25, 0.3) is 0 Å². The monoisotopic (exact) mass is 235 g/mol. The lowest BCUT2D eigenvalue weighted by molar-refractivity contribution is 0.550. The van der Waals surface area contributed by atoms with E-state index in [1.54, 1.807) is 0 Å². The molecule has 0 saturated carbocycles. The minimum atomic E-state index is 0.0594. The topological polar surface area (TPSA) is 3.24 Å². The molecule has 1 heterocycles. The largest absolute Gasteiger partial charge is 0.255 e. The van der Waals surface area contributed by atoms with Gasteiger partial charge in [-0.2, -0.15) is 0 Å². The summed E-state index contributed by atoms with van der Waals surface area (Å²) in [5.41, 5.74) is 3.03. The van der Waals surface area contributed by atoms with Crippen molar-refractivity contribution in [2.75, 3.05) is 13.6 Å². The standard InChI is InChI=1S/C14H21NS/c1-4-5-6-12-7-8-14-13(11-12)9-10-15(2)16(14)3/h7-8,11H,3-6,9-10H2,1-2H3. The third-order valence-corrected chi connectivity index (χ3v) is 5.11. The molecule has 0 N–H and O–H groups in total. The molecule has 88 valence electrons. The fourth-order valence-electron chi connectivity index (χ4n) is 2.15. The number of aryl methyl sites for hydroxylation is 1. The number of likely N-dealkylation sites (N-methyl/N-ethyl adjacent to an activating group) is 1. The number of hydrogen-bond donors (Lipinski definition) is 0. The smallest absolute Gasteiger partial charge is 0.0186 e. The fraction of sp³-hybridized carbons (Fsp3) is 0.500. The second-order valence-corrected chi connectivity index (χ2v) is 6.30. The maximum absolute atomic E-state index is 4.27. The first kappa shape index (κ1) is 11.9. The highest BCUT2D eigenvalue weighted by atomic mass is 32.2. The second-order valence-electron chi connectivity index (χ2n) is 4.51. The Morgan fingerprint density at radius 1 is 1.44 bits per heavy atom. The van der Waals surface area contributed by atoms with Gasteiger partial charge in [0.1, 0.15) is 0 Å². The van der Waals surface area contributed by atoms with E-state index in [1.807, 2.05) is 0 Å². The van der Waals surface area contributed by atoms with Crippen LogP contribution in [0.5, 0.6) is 0 Å². The van der Waals surface area contributed by atoms with E-state index in [0.717, 1.165) is 6.54 Å². The number of fused-ring (bicyclic) bond motifs is 1. The molecule has 2 heteroatoms. The highest BCUT2D eigenvalue weighted by molar-refractivity contribution is 8.12. The van der Waals surface area contributed by atoms with Gasteiger partial charge in [-0.05, 0) is 43.5 Å². The van der Waals surface area contributed by atoms with Gasteiger partial charge in [-0.15, -0.1) is 0 Å². The molecule has 1 aromatic carbocycles. The van der Waals surface area contributed by atoms with Crippen molar-refractivity contribution in [1.29, 1.82) is 0 Å². The summed E-state index contributed by atoms with van der Waals surface area (Å²) >= 11 is 0. The summed E-state index contributed by atoms with van der Waals surface area (Å²) in [6.07, 6.45) is 4.99. The quantitative estimate of drug-likeness (QED) is 0.725. The van der Waals surface area contributed by atoms with Crippen molar-refractivity contribution in [3.8, 4) is 0 Å². The first-order valence-corrected chi connectivity index (χ1v) is 7.44. The van der Waals surface area contributed by atoms with E-state index in [4.69, 9.17) is 0 Å². The lowest BCUT2D eigenvalue weighted by Crippen LogP contribution is -2.20. The van der Waals surface area contributed by atoms with Gasteiger partial charge < -0.3 is 0 Å². The third-order valence-electron chi connectivity index (χ3n) is 3.27. The molecule has 0 radical (unpaired) electrons. The Morgan fingerprint density at radius 3 is 3.00 bits per heavy atom. The van der Waals surface area contributed by atoms with Crippen LogP contribution in [0.2, 0.25) is 0 Å². The van der Waals surface area contributed by atoms with Gasteiger partial charge in [0.25, 0.3) is 0 Å². The molecular weight excluding hydrogens is 214 g/mol. The van der Waals surface area contributed by atoms with Crippen molar-refractivity contribution in [2.24, 2.45) is 0 Å². The van der Waals surface area contributed by atoms with Gasteiger partial charge in [-0.25, -0.2) is 0 Å². The maximum atomic E-state index is 4.27. The van der Waals surface area contributed by atoms with E-state index in [1.165, 1.54) is 41.7 Å². The molecule has 1 aliphatic heterocycles. The maximum Gasteiger partial charge on any atom is 0.0186 e. The predicted octanol–water partition coefficient (Wildman–Crippen LogP) is 3.49. The first-order chi connectivity index (χ1) is 7.72. The van der Waals surface area contributed by atoms with E-state index in [2.05, 4.69) is 42.3 Å². The van der Waals surface area contributed by atoms with Crippen LogP contribution in [-0.2, 0) is 12.8 Å². The third kappa shape index (κ3) is 2.38. The Morgan fingerprint density at radius 2 is 2.25 bits per heavy atom. The summed E-state index contributed by atoms with van der Waals surface area (Å²) in [5, 5.41) is 0. The molecule has 1 nitrogen and oxygen atoms in total. The number of benzene rings is 1. The van der Waals surface area contributed by atoms with Crippen molar-refractivity contribution in [3.05, 3.63) is 29.3 Å². The molecule has 0 spiro atoms. The van der Waals surface area contributed by atoms with Crippen molar-refractivity contribution in [1.82, 2.24) is 4.31 Å². The van der Waals surface area contributed by atoms with E-state index in [0.29, 0.717) is 0 Å². The first-order valence-electron chi connectivity index (χ1n) is 6.09. The van der Waals surface area contributed by atoms with Crippen LogP contribution >= 0.6 is 10.7 Å². The average molecular weight is 235 g/mol. The number of hydrogen-bond acceptors (Lipinski definition) is 1. The lowest BCUT2D eigenvalue weighted by atomic mass is 10.0. The highest BCUT2D eigenvalue weighted by Crippen LogP contribution is 2.35. The Kier molecular flexibility index (Phi) is 3.82. The van der Waals surface area contributed by atoms with Gasteiger partial charge in [0.05, 0.1) is 0 Å². The van der Waals surface area contributed by atoms with Crippen LogP contribution in [-0.4, -0.2) is 23.8 Å². The van der Waals surface area contributed by atoms with Crippen LogP contribution in [0.15, 0.2) is 23.1 Å². The van der Waals surface area contributed by atoms with E-state index >= 15 is 0 Å². The predicted molar refractivity (Wildman–Crippen MR) is 74.4 cm³/mol. The van der Waals surface area contributed by atoms with Gasteiger partial charge in [-0.3, -0.25) is 4.31 Å². The van der Waals surface area contributed by atoms with Gasteiger partial charge in [0, 0.05) is 11.4 Å². The van der Waals surface area contributed by atoms with Gasteiger partial charge in [0.15, 0.2) is 0 Å². The summed E-state index contributed by atoms with van der Waals surface area (Å²) in [7, 11) is 2.23. The van der Waals surface area contributed by atoms with Crippen molar-refractivity contribution in [3.63, 3.8) is 0 Å². The molecule has 0 aliphatic carbocycles. The van der Waals surface area contributed by atoms with Crippen molar-refractivity contribution in [2.45, 2.75) is 37.5 Å². The molecule has 1 atom stereocenters. The van der Waals surface area contributed by atoms with Gasteiger partial charge in [-0.1, -0.05) is 42.0 Å². The lowest BCUT2D eigenvalue weighted by Gasteiger charge is -2.28. The molecule has 0 saturated heterocycles. The Labute approximate surface area is 102 Å². The molecule has 0 fully saturated rings. The van der Waals surface area contributed by atoms with E-state index in [9.17, 15) is 0 Å². The Bertz CT molecular complexity index is 398. The Balaban J connectivity index is 2.23. The van der Waals surface area contributed by atoms with Gasteiger partial charge in [0.2, 0.25) is 0 Å². The highest BCUT2D eigenvalue weighted by Gasteiger charge is 2.15. The molecule has 1 aromatic rings. The summed E-state index contributed by atoms with van der Waals surface area (Å²) in [6.45, 7) is 3.40. The van der Waals surface area contributed by atoms with Crippen molar-refractivity contribution < 1.29 is 0 Å². The minimum Gasteiger partial charge on any atom is -0.255 e. The average Bonchev–Trinajstić information content (AvgIpc) is 2.31.